The van der Waals surface area contributed by atoms with Gasteiger partial charge in [-0.15, -0.1) is 0 Å². The minimum Gasteiger partial charge on any atom is -0.467 e. The number of ether oxygens (including phenoxy) is 2. The van der Waals surface area contributed by atoms with Crippen molar-refractivity contribution in [1.29, 1.82) is 0 Å². The quantitative estimate of drug-likeness (QED) is 0.276. The molecular formula is C28H29Cl2N3O4. The number of carbonyl (C=O) groups is 2. The van der Waals surface area contributed by atoms with Crippen molar-refractivity contribution in [3.05, 3.63) is 92.6 Å². The maximum atomic E-state index is 12.8. The van der Waals surface area contributed by atoms with Crippen LogP contribution in [0.3, 0.4) is 0 Å². The fourth-order valence-electron chi connectivity index (χ4n) is 4.16. The Kier molecular flexibility index (Phi) is 9.39. The zero-order valence-electron chi connectivity index (χ0n) is 20.6. The molecule has 1 aromatic heterocycles. The van der Waals surface area contributed by atoms with E-state index in [-0.39, 0.29) is 22.0 Å². The number of amides is 1. The number of pyridine rings is 1. The summed E-state index contributed by atoms with van der Waals surface area (Å²) >= 11 is 12.3. The number of carbonyl (C=O) groups excluding carboxylic acids is 2. The number of aromatic nitrogens is 1. The first-order valence-electron chi connectivity index (χ1n) is 12.2. The molecule has 2 heterocycles. The molecule has 0 saturated carbocycles. The van der Waals surface area contributed by atoms with Gasteiger partial charge in [-0.2, -0.15) is 0 Å². The summed E-state index contributed by atoms with van der Waals surface area (Å²) in [6.07, 6.45) is 3.21. The largest absolute Gasteiger partial charge is 0.467 e. The van der Waals surface area contributed by atoms with Crippen LogP contribution < -0.4 is 10.6 Å². The van der Waals surface area contributed by atoms with Crippen LogP contribution in [0.4, 0.5) is 5.82 Å². The third kappa shape index (κ3) is 7.22. The monoisotopic (exact) mass is 541 g/mol. The molecule has 0 spiro atoms. The molecule has 1 atom stereocenters. The highest BCUT2D eigenvalue weighted by atomic mass is 35.5. The van der Waals surface area contributed by atoms with Crippen LogP contribution in [0.5, 0.6) is 0 Å². The molecule has 2 aromatic carbocycles. The van der Waals surface area contributed by atoms with Crippen LogP contribution in [0, 0.1) is 0 Å². The van der Waals surface area contributed by atoms with Crippen LogP contribution in [0.1, 0.15) is 39.2 Å². The van der Waals surface area contributed by atoms with Gasteiger partial charge < -0.3 is 20.1 Å². The molecule has 0 saturated heterocycles. The molecule has 1 aliphatic rings. The molecular weight excluding hydrogens is 513 g/mol. The molecule has 0 unspecified atom stereocenters. The van der Waals surface area contributed by atoms with Crippen LogP contribution in [0.25, 0.3) is 0 Å². The number of rotatable bonds is 10. The standard InChI is InChI=1S/C28H29Cl2N3O4/c1-36-28(35)24(33-27(34)25-22(29)5-2-6-23(25)30)16-18-7-9-19(10-8-18)17-37-15-13-21-12-11-20-4-3-14-31-26(20)32-21/h2,5-12,24H,3-4,13-17H2,1H3,(H,31,32)(H,33,34)/t24-/m0/s1. The van der Waals surface area contributed by atoms with E-state index in [9.17, 15) is 9.59 Å². The first-order valence-corrected chi connectivity index (χ1v) is 12.9. The van der Waals surface area contributed by atoms with Gasteiger partial charge in [-0.1, -0.05) is 59.6 Å². The molecule has 9 heteroatoms. The minimum atomic E-state index is -0.898. The van der Waals surface area contributed by atoms with E-state index in [0.717, 1.165) is 48.4 Å². The molecule has 2 N–H and O–H groups in total. The van der Waals surface area contributed by atoms with E-state index in [0.29, 0.717) is 13.2 Å². The first-order chi connectivity index (χ1) is 17.9. The second-order valence-corrected chi connectivity index (χ2v) is 9.62. The van der Waals surface area contributed by atoms with Gasteiger partial charge in [0.05, 0.1) is 35.9 Å². The van der Waals surface area contributed by atoms with E-state index >= 15 is 0 Å². The Labute approximate surface area is 226 Å². The van der Waals surface area contributed by atoms with Crippen molar-refractivity contribution in [2.45, 2.75) is 38.3 Å². The molecule has 194 valence electrons. The summed E-state index contributed by atoms with van der Waals surface area (Å²) in [5.41, 5.74) is 4.27. The average Bonchev–Trinajstić information content (AvgIpc) is 2.91. The zero-order chi connectivity index (χ0) is 26.2. The van der Waals surface area contributed by atoms with Crippen molar-refractivity contribution in [3.63, 3.8) is 0 Å². The number of nitrogens with zero attached hydrogens (tertiary/aromatic N) is 1. The predicted octanol–water partition coefficient (Wildman–Crippen LogP) is 5.02. The maximum Gasteiger partial charge on any atom is 0.328 e. The van der Waals surface area contributed by atoms with Crippen molar-refractivity contribution in [1.82, 2.24) is 10.3 Å². The highest BCUT2D eigenvalue weighted by Crippen LogP contribution is 2.24. The van der Waals surface area contributed by atoms with Crippen LogP contribution in [-0.2, 0) is 40.1 Å². The first kappa shape index (κ1) is 26.9. The van der Waals surface area contributed by atoms with Gasteiger partial charge in [-0.05, 0) is 47.7 Å². The lowest BCUT2D eigenvalue weighted by molar-refractivity contribution is -0.142. The number of nitrogens with one attached hydrogen (secondary N) is 2. The molecule has 1 amide bonds. The predicted molar refractivity (Wildman–Crippen MR) is 144 cm³/mol. The Morgan fingerprint density at radius 2 is 1.78 bits per heavy atom. The van der Waals surface area contributed by atoms with Crippen molar-refractivity contribution in [2.75, 3.05) is 25.6 Å². The summed E-state index contributed by atoms with van der Waals surface area (Å²) < 4.78 is 10.7. The van der Waals surface area contributed by atoms with Gasteiger partial charge in [0.1, 0.15) is 11.9 Å². The third-order valence-electron chi connectivity index (χ3n) is 6.17. The van der Waals surface area contributed by atoms with Gasteiger partial charge in [-0.25, -0.2) is 9.78 Å². The van der Waals surface area contributed by atoms with E-state index in [1.165, 1.54) is 12.7 Å². The number of hydrogen-bond donors (Lipinski definition) is 2. The Morgan fingerprint density at radius 1 is 1.05 bits per heavy atom. The second-order valence-electron chi connectivity index (χ2n) is 8.81. The van der Waals surface area contributed by atoms with Crippen molar-refractivity contribution in [2.24, 2.45) is 0 Å². The molecule has 37 heavy (non-hydrogen) atoms. The normalized spacial score (nSPS) is 13.3. The lowest BCUT2D eigenvalue weighted by atomic mass is 10.0. The molecule has 7 nitrogen and oxygen atoms in total. The van der Waals surface area contributed by atoms with E-state index < -0.39 is 17.9 Å². The number of methoxy groups -OCH3 is 1. The van der Waals surface area contributed by atoms with Gasteiger partial charge >= 0.3 is 5.97 Å². The van der Waals surface area contributed by atoms with Gasteiger partial charge in [0, 0.05) is 25.1 Å². The summed E-state index contributed by atoms with van der Waals surface area (Å²) in [5.74, 6) is -0.106. The minimum absolute atomic E-state index is 0.120. The van der Waals surface area contributed by atoms with Crippen LogP contribution in [0.15, 0.2) is 54.6 Å². The molecule has 4 rings (SSSR count). The fraction of sp³-hybridized carbons (Fsp3) is 0.321. The molecule has 3 aromatic rings. The van der Waals surface area contributed by atoms with Crippen molar-refractivity contribution < 1.29 is 19.1 Å². The fourth-order valence-corrected chi connectivity index (χ4v) is 4.73. The van der Waals surface area contributed by atoms with E-state index in [2.05, 4.69) is 22.8 Å². The summed E-state index contributed by atoms with van der Waals surface area (Å²) in [6, 6.07) is 15.8. The number of fused-ring (bicyclic) bond motifs is 1. The van der Waals surface area contributed by atoms with E-state index in [4.69, 9.17) is 37.7 Å². The molecule has 0 bridgehead atoms. The third-order valence-corrected chi connectivity index (χ3v) is 6.80. The Bertz CT molecular complexity index is 1230. The lowest BCUT2D eigenvalue weighted by Gasteiger charge is -2.18. The highest BCUT2D eigenvalue weighted by Gasteiger charge is 2.25. The summed E-state index contributed by atoms with van der Waals surface area (Å²) in [7, 11) is 1.28. The van der Waals surface area contributed by atoms with Crippen molar-refractivity contribution >= 4 is 40.9 Å². The molecule has 0 radical (unpaired) electrons. The highest BCUT2D eigenvalue weighted by molar-refractivity contribution is 6.39. The van der Waals surface area contributed by atoms with Crippen LogP contribution in [0.2, 0.25) is 10.0 Å². The Balaban J connectivity index is 1.29. The molecule has 1 aliphatic heterocycles. The van der Waals surface area contributed by atoms with Gasteiger partial charge in [0.15, 0.2) is 0 Å². The van der Waals surface area contributed by atoms with Crippen LogP contribution >= 0.6 is 23.2 Å². The topological polar surface area (TPSA) is 89.6 Å². The number of hydrogen-bond acceptors (Lipinski definition) is 6. The van der Waals surface area contributed by atoms with Gasteiger partial charge in [0.2, 0.25) is 0 Å². The number of benzene rings is 2. The summed E-state index contributed by atoms with van der Waals surface area (Å²) in [4.78, 5) is 29.8. The van der Waals surface area contributed by atoms with E-state index in [1.54, 1.807) is 18.2 Å². The Hall–Kier alpha value is -3.13. The Morgan fingerprint density at radius 3 is 2.51 bits per heavy atom. The SMILES string of the molecule is COC(=O)[C@H](Cc1ccc(COCCc2ccc3c(n2)NCCC3)cc1)NC(=O)c1c(Cl)cccc1Cl. The maximum absolute atomic E-state index is 12.8. The van der Waals surface area contributed by atoms with Gasteiger partial charge in [-0.3, -0.25) is 4.79 Å². The number of anilines is 1. The van der Waals surface area contributed by atoms with Gasteiger partial charge in [0.25, 0.3) is 5.91 Å². The zero-order valence-corrected chi connectivity index (χ0v) is 22.1. The number of halogens is 2. The average molecular weight is 542 g/mol. The summed E-state index contributed by atoms with van der Waals surface area (Å²) in [6.45, 7) is 2.00. The molecule has 0 fully saturated rings. The second kappa shape index (κ2) is 12.9. The smallest absolute Gasteiger partial charge is 0.328 e. The van der Waals surface area contributed by atoms with Crippen LogP contribution in [-0.4, -0.2) is 43.2 Å². The lowest BCUT2D eigenvalue weighted by Crippen LogP contribution is -2.43. The van der Waals surface area contributed by atoms with Crippen molar-refractivity contribution in [3.8, 4) is 0 Å². The number of esters is 1. The summed E-state index contributed by atoms with van der Waals surface area (Å²) in [5, 5.41) is 6.46. The van der Waals surface area contributed by atoms with E-state index in [1.807, 2.05) is 24.3 Å². The molecule has 0 aliphatic carbocycles. The number of aryl methyl sites for hydroxylation is 1.